The van der Waals surface area contributed by atoms with Gasteiger partial charge in [0, 0.05) is 13.2 Å². The summed E-state index contributed by atoms with van der Waals surface area (Å²) in [5.41, 5.74) is 5.99. The van der Waals surface area contributed by atoms with Crippen molar-refractivity contribution in [2.24, 2.45) is 11.7 Å². The molecule has 0 aromatic heterocycles. The normalized spacial score (nSPS) is 15.2. The summed E-state index contributed by atoms with van der Waals surface area (Å²) in [6.45, 7) is 8.55. The molecule has 2 nitrogen and oxygen atoms in total. The predicted molar refractivity (Wildman–Crippen MR) is 53.1 cm³/mol. The second-order valence-corrected chi connectivity index (χ2v) is 3.75. The Kier molecular flexibility index (Phi) is 4.80. The van der Waals surface area contributed by atoms with E-state index in [9.17, 15) is 0 Å². The number of rotatable bonds is 5. The summed E-state index contributed by atoms with van der Waals surface area (Å²) in [4.78, 5) is 0. The molecule has 0 saturated carbocycles. The van der Waals surface area contributed by atoms with Crippen molar-refractivity contribution in [3.63, 3.8) is 0 Å². The summed E-state index contributed by atoms with van der Waals surface area (Å²) in [5, 5.41) is 0. The van der Waals surface area contributed by atoms with E-state index in [0.29, 0.717) is 5.92 Å². The van der Waals surface area contributed by atoms with Crippen LogP contribution in [-0.4, -0.2) is 18.8 Å². The maximum Gasteiger partial charge on any atom is 0.0826 e. The lowest BCUT2D eigenvalue weighted by molar-refractivity contribution is -0.0482. The van der Waals surface area contributed by atoms with Crippen LogP contribution >= 0.6 is 0 Å². The van der Waals surface area contributed by atoms with Gasteiger partial charge in [-0.3, -0.25) is 0 Å². The fourth-order valence-corrected chi connectivity index (χ4v) is 1.75. The van der Waals surface area contributed by atoms with Crippen molar-refractivity contribution in [3.05, 3.63) is 0 Å². The quantitative estimate of drug-likeness (QED) is 0.691. The Morgan fingerprint density at radius 1 is 1.25 bits per heavy atom. The van der Waals surface area contributed by atoms with Crippen LogP contribution in [-0.2, 0) is 4.74 Å². The van der Waals surface area contributed by atoms with Gasteiger partial charge < -0.3 is 10.5 Å². The number of methoxy groups -OCH3 is 1. The van der Waals surface area contributed by atoms with Gasteiger partial charge in [0.25, 0.3) is 0 Å². The van der Waals surface area contributed by atoms with E-state index >= 15 is 0 Å². The summed E-state index contributed by atoms with van der Waals surface area (Å²) in [6.07, 6.45) is 1.97. The lowest BCUT2D eigenvalue weighted by atomic mass is 9.82. The van der Waals surface area contributed by atoms with Gasteiger partial charge in [-0.2, -0.15) is 0 Å². The maximum atomic E-state index is 6.10. The Morgan fingerprint density at radius 2 is 1.67 bits per heavy atom. The average Bonchev–Trinajstić information content (AvgIpc) is 2.08. The molecular formula is C10H23NO. The summed E-state index contributed by atoms with van der Waals surface area (Å²) in [7, 11) is 1.76. The molecule has 0 saturated heterocycles. The first-order valence-electron chi connectivity index (χ1n) is 4.84. The first-order chi connectivity index (χ1) is 5.54. The van der Waals surface area contributed by atoms with Gasteiger partial charge >= 0.3 is 0 Å². The first kappa shape index (κ1) is 11.9. The van der Waals surface area contributed by atoms with Gasteiger partial charge in [-0.15, -0.1) is 0 Å². The molecule has 0 heterocycles. The van der Waals surface area contributed by atoms with Gasteiger partial charge in [0.2, 0.25) is 0 Å². The topological polar surface area (TPSA) is 35.2 Å². The molecule has 0 aliphatic rings. The van der Waals surface area contributed by atoms with Crippen LogP contribution in [0.25, 0.3) is 0 Å². The predicted octanol–water partition coefficient (Wildman–Crippen LogP) is 2.17. The number of nitrogens with two attached hydrogens (primary N) is 1. The molecule has 0 amide bonds. The monoisotopic (exact) mass is 173 g/mol. The third kappa shape index (κ3) is 2.20. The van der Waals surface area contributed by atoms with Crippen LogP contribution in [0.2, 0.25) is 0 Å². The van der Waals surface area contributed by atoms with Crippen LogP contribution in [0.3, 0.4) is 0 Å². The van der Waals surface area contributed by atoms with Crippen molar-refractivity contribution < 1.29 is 4.74 Å². The molecule has 0 spiro atoms. The van der Waals surface area contributed by atoms with Gasteiger partial charge in [0.15, 0.2) is 0 Å². The van der Waals surface area contributed by atoms with Crippen LogP contribution in [0, 0.1) is 5.92 Å². The molecule has 12 heavy (non-hydrogen) atoms. The molecule has 2 N–H and O–H groups in total. The largest absolute Gasteiger partial charge is 0.377 e. The van der Waals surface area contributed by atoms with E-state index in [1.54, 1.807) is 7.11 Å². The third-order valence-corrected chi connectivity index (χ3v) is 2.93. The third-order valence-electron chi connectivity index (χ3n) is 2.93. The molecule has 1 unspecified atom stereocenters. The van der Waals surface area contributed by atoms with Crippen LogP contribution < -0.4 is 5.73 Å². The number of ether oxygens (including phenoxy) is 1. The molecule has 0 rings (SSSR count). The molecule has 0 fully saturated rings. The summed E-state index contributed by atoms with van der Waals surface area (Å²) < 4.78 is 5.53. The standard InChI is InChI=1S/C10H23NO/c1-6-10(7-2,12-5)9(11)8(3)4/h8-9H,6-7,11H2,1-5H3. The van der Waals surface area contributed by atoms with Crippen LogP contribution in [0.4, 0.5) is 0 Å². The minimum Gasteiger partial charge on any atom is -0.377 e. The molecule has 2 heteroatoms. The van der Waals surface area contributed by atoms with Gasteiger partial charge in [0.05, 0.1) is 5.60 Å². The molecule has 74 valence electrons. The van der Waals surface area contributed by atoms with E-state index in [1.165, 1.54) is 0 Å². The van der Waals surface area contributed by atoms with Gasteiger partial charge in [-0.25, -0.2) is 0 Å². The fraction of sp³-hybridized carbons (Fsp3) is 1.00. The zero-order valence-corrected chi connectivity index (χ0v) is 9.05. The molecular weight excluding hydrogens is 150 g/mol. The van der Waals surface area contributed by atoms with Crippen molar-refractivity contribution in [1.82, 2.24) is 0 Å². The fourth-order valence-electron chi connectivity index (χ4n) is 1.75. The highest BCUT2D eigenvalue weighted by molar-refractivity contribution is 4.90. The van der Waals surface area contributed by atoms with E-state index in [2.05, 4.69) is 27.7 Å². The number of hydrogen-bond donors (Lipinski definition) is 1. The smallest absolute Gasteiger partial charge is 0.0826 e. The van der Waals surface area contributed by atoms with Crippen molar-refractivity contribution in [1.29, 1.82) is 0 Å². The molecule has 0 aromatic carbocycles. The zero-order chi connectivity index (χ0) is 9.78. The molecule has 0 bridgehead atoms. The lowest BCUT2D eigenvalue weighted by Crippen LogP contribution is -2.51. The van der Waals surface area contributed by atoms with Crippen molar-refractivity contribution in [2.75, 3.05) is 7.11 Å². The van der Waals surface area contributed by atoms with E-state index in [4.69, 9.17) is 10.5 Å². The molecule has 1 atom stereocenters. The molecule has 0 aromatic rings. The Bertz CT molecular complexity index is 111. The molecule has 0 aliphatic heterocycles. The van der Waals surface area contributed by atoms with E-state index in [-0.39, 0.29) is 11.6 Å². The van der Waals surface area contributed by atoms with E-state index < -0.39 is 0 Å². The summed E-state index contributed by atoms with van der Waals surface area (Å²) >= 11 is 0. The second-order valence-electron chi connectivity index (χ2n) is 3.75. The Labute approximate surface area is 76.5 Å². The summed E-state index contributed by atoms with van der Waals surface area (Å²) in [5.74, 6) is 0.477. The lowest BCUT2D eigenvalue weighted by Gasteiger charge is -2.38. The summed E-state index contributed by atoms with van der Waals surface area (Å²) in [6, 6.07) is 0.137. The van der Waals surface area contributed by atoms with Gasteiger partial charge in [-0.1, -0.05) is 27.7 Å². The Balaban J connectivity index is 4.46. The first-order valence-corrected chi connectivity index (χ1v) is 4.84. The van der Waals surface area contributed by atoms with Gasteiger partial charge in [-0.05, 0) is 18.8 Å². The molecule has 0 aliphatic carbocycles. The minimum atomic E-state index is -0.117. The average molecular weight is 173 g/mol. The van der Waals surface area contributed by atoms with E-state index in [0.717, 1.165) is 12.8 Å². The van der Waals surface area contributed by atoms with Crippen molar-refractivity contribution in [3.8, 4) is 0 Å². The number of hydrogen-bond acceptors (Lipinski definition) is 2. The zero-order valence-electron chi connectivity index (χ0n) is 9.05. The van der Waals surface area contributed by atoms with Crippen LogP contribution in [0.1, 0.15) is 40.5 Å². The van der Waals surface area contributed by atoms with Crippen LogP contribution in [0.15, 0.2) is 0 Å². The van der Waals surface area contributed by atoms with Crippen molar-refractivity contribution in [2.45, 2.75) is 52.2 Å². The molecule has 0 radical (unpaired) electrons. The van der Waals surface area contributed by atoms with E-state index in [1.807, 2.05) is 0 Å². The second kappa shape index (κ2) is 4.83. The van der Waals surface area contributed by atoms with Gasteiger partial charge in [0.1, 0.15) is 0 Å². The Morgan fingerprint density at radius 3 is 1.75 bits per heavy atom. The Hall–Kier alpha value is -0.0800. The highest BCUT2D eigenvalue weighted by atomic mass is 16.5. The SMILES string of the molecule is CCC(CC)(OC)C(N)C(C)C. The minimum absolute atomic E-state index is 0.117. The highest BCUT2D eigenvalue weighted by Crippen LogP contribution is 2.26. The highest BCUT2D eigenvalue weighted by Gasteiger charge is 2.34. The van der Waals surface area contributed by atoms with Crippen molar-refractivity contribution >= 4 is 0 Å². The maximum absolute atomic E-state index is 6.10. The van der Waals surface area contributed by atoms with Crippen LogP contribution in [0.5, 0.6) is 0 Å².